The lowest BCUT2D eigenvalue weighted by Gasteiger charge is -2.09. The van der Waals surface area contributed by atoms with Gasteiger partial charge in [-0.2, -0.15) is 0 Å². The Bertz CT molecular complexity index is 935. The molecule has 7 heteroatoms. The van der Waals surface area contributed by atoms with Crippen molar-refractivity contribution in [1.29, 1.82) is 0 Å². The van der Waals surface area contributed by atoms with Crippen molar-refractivity contribution in [2.24, 2.45) is 5.73 Å². The zero-order valence-electron chi connectivity index (χ0n) is 14.2. The van der Waals surface area contributed by atoms with E-state index in [0.29, 0.717) is 35.2 Å². The second kappa shape index (κ2) is 7.60. The van der Waals surface area contributed by atoms with Gasteiger partial charge in [-0.3, -0.25) is 19.9 Å². The van der Waals surface area contributed by atoms with Gasteiger partial charge in [0.15, 0.2) is 0 Å². The number of benzene rings is 1. The van der Waals surface area contributed by atoms with E-state index in [1.165, 1.54) is 0 Å². The molecular formula is C19H18N4O3. The molecule has 0 aliphatic rings. The summed E-state index contributed by atoms with van der Waals surface area (Å²) in [4.78, 5) is 27.9. The van der Waals surface area contributed by atoms with Gasteiger partial charge in [0.25, 0.3) is 0 Å². The van der Waals surface area contributed by atoms with E-state index >= 15 is 0 Å². The van der Waals surface area contributed by atoms with Gasteiger partial charge in [0.2, 0.25) is 17.7 Å². The first-order valence-electron chi connectivity index (χ1n) is 8.21. The largest absolute Gasteiger partial charge is 0.366 e. The predicted octanol–water partition coefficient (Wildman–Crippen LogP) is 3.24. The van der Waals surface area contributed by atoms with Crippen LogP contribution in [0, 0.1) is 0 Å². The minimum absolute atomic E-state index is 0.184. The van der Waals surface area contributed by atoms with Crippen molar-refractivity contribution in [3.8, 4) is 22.4 Å². The van der Waals surface area contributed by atoms with Crippen LogP contribution in [0.25, 0.3) is 22.4 Å². The lowest BCUT2D eigenvalue weighted by Crippen LogP contribution is -2.14. The van der Waals surface area contributed by atoms with E-state index in [0.717, 1.165) is 5.56 Å². The van der Waals surface area contributed by atoms with Gasteiger partial charge in [0, 0.05) is 35.5 Å². The second-order valence-corrected chi connectivity index (χ2v) is 5.68. The van der Waals surface area contributed by atoms with Gasteiger partial charge in [-0.1, -0.05) is 30.3 Å². The summed E-state index contributed by atoms with van der Waals surface area (Å²) < 4.78 is 5.40. The quantitative estimate of drug-likeness (QED) is 0.709. The summed E-state index contributed by atoms with van der Waals surface area (Å²) >= 11 is 0. The van der Waals surface area contributed by atoms with Crippen molar-refractivity contribution >= 4 is 17.7 Å². The Kier molecular flexibility index (Phi) is 5.07. The maximum Gasteiger partial charge on any atom is 0.249 e. The third kappa shape index (κ3) is 3.46. The van der Waals surface area contributed by atoms with Crippen LogP contribution >= 0.6 is 0 Å². The number of rotatable bonds is 6. The van der Waals surface area contributed by atoms with Gasteiger partial charge in [0.05, 0.1) is 5.56 Å². The molecule has 3 N–H and O–H groups in total. The van der Waals surface area contributed by atoms with Gasteiger partial charge < -0.3 is 10.3 Å². The fourth-order valence-corrected chi connectivity index (χ4v) is 2.66. The Morgan fingerprint density at radius 3 is 2.58 bits per heavy atom. The maximum absolute atomic E-state index is 12.1. The smallest absolute Gasteiger partial charge is 0.249 e. The Morgan fingerprint density at radius 1 is 1.15 bits per heavy atom. The number of nitrogens with one attached hydrogen (secondary N) is 1. The van der Waals surface area contributed by atoms with E-state index in [1.54, 1.807) is 48.8 Å². The highest BCUT2D eigenvalue weighted by molar-refractivity contribution is 6.05. The van der Waals surface area contributed by atoms with Crippen molar-refractivity contribution in [3.63, 3.8) is 0 Å². The molecule has 7 nitrogen and oxygen atoms in total. The van der Waals surface area contributed by atoms with Crippen LogP contribution in [0.15, 0.2) is 53.3 Å². The first-order valence-corrected chi connectivity index (χ1v) is 8.21. The molecule has 0 aliphatic carbocycles. The SMILES string of the molecule is CCCC(=O)Nc1onc(-c2ccncc2)c1-c1ccccc1C(N)=O. The highest BCUT2D eigenvalue weighted by Crippen LogP contribution is 2.39. The molecule has 2 amide bonds. The van der Waals surface area contributed by atoms with Gasteiger partial charge in [-0.15, -0.1) is 0 Å². The Hall–Kier alpha value is -3.48. The zero-order chi connectivity index (χ0) is 18.5. The summed E-state index contributed by atoms with van der Waals surface area (Å²) in [5, 5.41) is 6.84. The highest BCUT2D eigenvalue weighted by Gasteiger charge is 2.24. The molecule has 0 saturated carbocycles. The number of pyridine rings is 1. The molecule has 0 spiro atoms. The van der Waals surface area contributed by atoms with Crippen LogP contribution in [-0.4, -0.2) is 22.0 Å². The zero-order valence-corrected chi connectivity index (χ0v) is 14.2. The van der Waals surface area contributed by atoms with Crippen LogP contribution < -0.4 is 11.1 Å². The van der Waals surface area contributed by atoms with E-state index in [2.05, 4.69) is 15.5 Å². The van der Waals surface area contributed by atoms with Crippen LogP contribution in [0.5, 0.6) is 0 Å². The van der Waals surface area contributed by atoms with Crippen LogP contribution in [0.3, 0.4) is 0 Å². The average molecular weight is 350 g/mol. The number of primary amides is 1. The van der Waals surface area contributed by atoms with Crippen molar-refractivity contribution in [2.45, 2.75) is 19.8 Å². The summed E-state index contributed by atoms with van der Waals surface area (Å²) in [7, 11) is 0. The summed E-state index contributed by atoms with van der Waals surface area (Å²) in [6, 6.07) is 10.4. The van der Waals surface area contributed by atoms with Crippen LogP contribution in [-0.2, 0) is 4.79 Å². The minimum atomic E-state index is -0.576. The molecule has 132 valence electrons. The van der Waals surface area contributed by atoms with Gasteiger partial charge in [0.1, 0.15) is 5.69 Å². The van der Waals surface area contributed by atoms with Crippen molar-refractivity contribution in [1.82, 2.24) is 10.1 Å². The van der Waals surface area contributed by atoms with Gasteiger partial charge >= 0.3 is 0 Å². The van der Waals surface area contributed by atoms with E-state index in [1.807, 2.05) is 6.92 Å². The lowest BCUT2D eigenvalue weighted by molar-refractivity contribution is -0.116. The Labute approximate surface area is 150 Å². The number of hydrogen-bond donors (Lipinski definition) is 2. The molecule has 0 bridgehead atoms. The van der Waals surface area contributed by atoms with Gasteiger partial charge in [-0.05, 0) is 24.6 Å². The summed E-state index contributed by atoms with van der Waals surface area (Å²) in [5.41, 5.74) is 8.13. The summed E-state index contributed by atoms with van der Waals surface area (Å²) in [6.07, 6.45) is 4.30. The Morgan fingerprint density at radius 2 is 1.88 bits per heavy atom. The van der Waals surface area contributed by atoms with Crippen LogP contribution in [0.2, 0.25) is 0 Å². The molecule has 0 radical (unpaired) electrons. The maximum atomic E-state index is 12.1. The molecule has 26 heavy (non-hydrogen) atoms. The Balaban J connectivity index is 2.19. The molecule has 0 unspecified atom stereocenters. The fourth-order valence-electron chi connectivity index (χ4n) is 2.66. The summed E-state index contributed by atoms with van der Waals surface area (Å²) in [6.45, 7) is 1.91. The number of aromatic nitrogens is 2. The monoisotopic (exact) mass is 350 g/mol. The van der Waals surface area contributed by atoms with Crippen LogP contribution in [0.1, 0.15) is 30.1 Å². The van der Waals surface area contributed by atoms with Gasteiger partial charge in [-0.25, -0.2) is 0 Å². The van der Waals surface area contributed by atoms with E-state index in [-0.39, 0.29) is 11.8 Å². The molecule has 2 aromatic heterocycles. The van der Waals surface area contributed by atoms with Crippen molar-refractivity contribution in [3.05, 3.63) is 54.4 Å². The second-order valence-electron chi connectivity index (χ2n) is 5.68. The fraction of sp³-hybridized carbons (Fsp3) is 0.158. The number of hydrogen-bond acceptors (Lipinski definition) is 5. The number of amides is 2. The molecule has 0 atom stereocenters. The molecule has 0 aliphatic heterocycles. The topological polar surface area (TPSA) is 111 Å². The normalized spacial score (nSPS) is 10.5. The molecule has 1 aromatic carbocycles. The summed E-state index contributed by atoms with van der Waals surface area (Å²) in [5.74, 6) is -0.583. The third-order valence-corrected chi connectivity index (χ3v) is 3.84. The number of nitrogens with zero attached hydrogens (tertiary/aromatic N) is 2. The molecule has 3 aromatic rings. The first kappa shape index (κ1) is 17.3. The van der Waals surface area contributed by atoms with E-state index in [4.69, 9.17) is 10.3 Å². The standard InChI is InChI=1S/C19H18N4O3/c1-2-5-15(24)22-19-16(13-6-3-4-7-14(13)18(20)25)17(23-26-19)12-8-10-21-11-9-12/h3-4,6-11H,2,5H2,1H3,(H2,20,25)(H,22,24). The predicted molar refractivity (Wildman–Crippen MR) is 97.2 cm³/mol. The number of nitrogens with two attached hydrogens (primary N) is 1. The molecule has 3 rings (SSSR count). The highest BCUT2D eigenvalue weighted by atomic mass is 16.5. The molecule has 2 heterocycles. The van der Waals surface area contributed by atoms with Crippen molar-refractivity contribution < 1.29 is 14.1 Å². The molecule has 0 fully saturated rings. The lowest BCUT2D eigenvalue weighted by atomic mass is 9.96. The average Bonchev–Trinajstić information content (AvgIpc) is 3.05. The minimum Gasteiger partial charge on any atom is -0.366 e. The van der Waals surface area contributed by atoms with E-state index in [9.17, 15) is 9.59 Å². The van der Waals surface area contributed by atoms with E-state index < -0.39 is 5.91 Å². The molecule has 0 saturated heterocycles. The number of carbonyl (C=O) groups is 2. The number of anilines is 1. The third-order valence-electron chi connectivity index (χ3n) is 3.84. The van der Waals surface area contributed by atoms with Crippen molar-refractivity contribution in [2.75, 3.05) is 5.32 Å². The molecular weight excluding hydrogens is 332 g/mol. The van der Waals surface area contributed by atoms with Crippen LogP contribution in [0.4, 0.5) is 5.88 Å². The first-order chi connectivity index (χ1) is 12.6. The number of carbonyl (C=O) groups excluding carboxylic acids is 2.